The lowest BCUT2D eigenvalue weighted by Gasteiger charge is -2.35. The number of rotatable bonds is 8. The van der Waals surface area contributed by atoms with Crippen molar-refractivity contribution in [2.24, 2.45) is 0 Å². The average Bonchev–Trinajstić information content (AvgIpc) is 3.20. The number of aromatic nitrogens is 2. The standard InChI is InChI=1S/C22H26F2N4O2/c1-13(12-25)5-6-14(2)16-11-21-26-17(10-18(22(23)24)28(21)27-16)15-7-8-19(29-3)20(9-15)30-4/h7-8,11,17-18,20,22,26H,1-2,5-6,9-10H2,3-4H3. The summed E-state index contributed by atoms with van der Waals surface area (Å²) in [4.78, 5) is 0. The monoisotopic (exact) mass is 416 g/mol. The lowest BCUT2D eigenvalue weighted by atomic mass is 9.90. The first-order valence-electron chi connectivity index (χ1n) is 9.75. The number of hydrogen-bond donors (Lipinski definition) is 1. The minimum Gasteiger partial charge on any atom is -0.498 e. The molecule has 3 rings (SSSR count). The van der Waals surface area contributed by atoms with Gasteiger partial charge in [0.1, 0.15) is 23.7 Å². The molecule has 160 valence electrons. The van der Waals surface area contributed by atoms with E-state index in [-0.39, 0.29) is 18.6 Å². The van der Waals surface area contributed by atoms with Crippen LogP contribution in [0.2, 0.25) is 0 Å². The first-order valence-corrected chi connectivity index (χ1v) is 9.75. The molecule has 6 nitrogen and oxygen atoms in total. The molecule has 0 saturated heterocycles. The van der Waals surface area contributed by atoms with Crippen LogP contribution >= 0.6 is 0 Å². The van der Waals surface area contributed by atoms with Gasteiger partial charge in [-0.15, -0.1) is 0 Å². The minimum atomic E-state index is -2.56. The second kappa shape index (κ2) is 9.26. The van der Waals surface area contributed by atoms with Gasteiger partial charge in [0.05, 0.1) is 24.9 Å². The number of hydrogen-bond acceptors (Lipinski definition) is 5. The van der Waals surface area contributed by atoms with Gasteiger partial charge in [0, 0.05) is 25.2 Å². The summed E-state index contributed by atoms with van der Waals surface area (Å²) in [5.41, 5.74) is 2.66. The zero-order valence-electron chi connectivity index (χ0n) is 17.2. The van der Waals surface area contributed by atoms with Gasteiger partial charge in [0.15, 0.2) is 0 Å². The number of fused-ring (bicyclic) bond motifs is 1. The molecule has 1 aromatic heterocycles. The predicted molar refractivity (Wildman–Crippen MR) is 111 cm³/mol. The number of nitrogens with zero attached hydrogens (tertiary/aromatic N) is 3. The fourth-order valence-electron chi connectivity index (χ4n) is 3.78. The zero-order chi connectivity index (χ0) is 21.8. The van der Waals surface area contributed by atoms with Gasteiger partial charge in [-0.1, -0.05) is 19.2 Å². The molecule has 0 bridgehead atoms. The quantitative estimate of drug-likeness (QED) is 0.626. The number of ether oxygens (including phenoxy) is 2. The lowest BCUT2D eigenvalue weighted by Crippen LogP contribution is -2.38. The molecule has 3 unspecified atom stereocenters. The highest BCUT2D eigenvalue weighted by atomic mass is 19.3. The van der Waals surface area contributed by atoms with Crippen molar-refractivity contribution in [3.05, 3.63) is 54.0 Å². The summed E-state index contributed by atoms with van der Waals surface area (Å²) >= 11 is 0. The fraction of sp³-hybridized carbons (Fsp3) is 0.455. The Labute approximate surface area is 175 Å². The highest BCUT2D eigenvalue weighted by molar-refractivity contribution is 5.64. The molecule has 2 heterocycles. The van der Waals surface area contributed by atoms with E-state index in [0.29, 0.717) is 47.7 Å². The number of anilines is 1. The minimum absolute atomic E-state index is 0.210. The summed E-state index contributed by atoms with van der Waals surface area (Å²) in [7, 11) is 3.19. The van der Waals surface area contributed by atoms with E-state index in [1.54, 1.807) is 20.3 Å². The first kappa shape index (κ1) is 21.8. The van der Waals surface area contributed by atoms with Gasteiger partial charge in [-0.2, -0.15) is 10.4 Å². The van der Waals surface area contributed by atoms with Crippen LogP contribution in [0.4, 0.5) is 14.6 Å². The van der Waals surface area contributed by atoms with Crippen LogP contribution in [0.3, 0.4) is 0 Å². The third kappa shape index (κ3) is 4.46. The van der Waals surface area contributed by atoms with Crippen molar-refractivity contribution in [1.82, 2.24) is 9.78 Å². The Morgan fingerprint density at radius 3 is 2.77 bits per heavy atom. The van der Waals surface area contributed by atoms with Crippen LogP contribution in [0.25, 0.3) is 5.57 Å². The van der Waals surface area contributed by atoms with Crippen molar-refractivity contribution < 1.29 is 18.3 Å². The van der Waals surface area contributed by atoms with Crippen LogP contribution in [0, 0.1) is 11.3 Å². The zero-order valence-corrected chi connectivity index (χ0v) is 17.2. The Morgan fingerprint density at radius 1 is 1.37 bits per heavy atom. The smallest absolute Gasteiger partial charge is 0.260 e. The van der Waals surface area contributed by atoms with Crippen LogP contribution in [0.15, 0.2) is 48.3 Å². The molecule has 0 saturated carbocycles. The number of alkyl halides is 2. The Kier molecular flexibility index (Phi) is 6.73. The lowest BCUT2D eigenvalue weighted by molar-refractivity contribution is 0.0636. The van der Waals surface area contributed by atoms with Crippen molar-refractivity contribution in [3.8, 4) is 6.07 Å². The van der Waals surface area contributed by atoms with Crippen LogP contribution in [0.5, 0.6) is 0 Å². The number of methoxy groups -OCH3 is 2. The molecule has 1 N–H and O–H groups in total. The Hall–Kier alpha value is -2.92. The normalized spacial score (nSPS) is 23.0. The second-order valence-electron chi connectivity index (χ2n) is 7.46. The molecule has 1 aliphatic carbocycles. The van der Waals surface area contributed by atoms with E-state index >= 15 is 0 Å². The molecule has 2 aliphatic rings. The van der Waals surface area contributed by atoms with Gasteiger partial charge in [-0.25, -0.2) is 13.5 Å². The first-order chi connectivity index (χ1) is 14.4. The molecule has 0 aromatic carbocycles. The molecule has 0 spiro atoms. The van der Waals surface area contributed by atoms with Crippen molar-refractivity contribution in [1.29, 1.82) is 5.26 Å². The molecule has 1 aliphatic heterocycles. The maximum Gasteiger partial charge on any atom is 0.260 e. The predicted octanol–water partition coefficient (Wildman–Crippen LogP) is 4.62. The maximum absolute atomic E-state index is 13.9. The van der Waals surface area contributed by atoms with Crippen molar-refractivity contribution in [2.45, 2.75) is 50.3 Å². The Balaban J connectivity index is 1.83. The summed E-state index contributed by atoms with van der Waals surface area (Å²) in [5, 5.41) is 16.6. The Bertz CT molecular complexity index is 926. The topological polar surface area (TPSA) is 72.1 Å². The van der Waals surface area contributed by atoms with E-state index in [4.69, 9.17) is 14.7 Å². The molecule has 0 fully saturated rings. The summed E-state index contributed by atoms with van der Waals surface area (Å²) in [6.07, 6.45) is 2.68. The fourth-order valence-corrected chi connectivity index (χ4v) is 3.78. The van der Waals surface area contributed by atoms with Crippen LogP contribution < -0.4 is 5.32 Å². The molecular weight excluding hydrogens is 390 g/mol. The summed E-state index contributed by atoms with van der Waals surface area (Å²) in [6, 6.07) is 2.43. The molecule has 0 amide bonds. The molecular formula is C22H26F2N4O2. The molecule has 3 atom stereocenters. The largest absolute Gasteiger partial charge is 0.498 e. The molecule has 1 aromatic rings. The van der Waals surface area contributed by atoms with Gasteiger partial charge in [0.2, 0.25) is 0 Å². The van der Waals surface area contributed by atoms with Crippen LogP contribution in [0.1, 0.15) is 37.4 Å². The van der Waals surface area contributed by atoms with Crippen molar-refractivity contribution >= 4 is 11.4 Å². The number of allylic oxidation sites excluding steroid dienone is 4. The summed E-state index contributed by atoms with van der Waals surface area (Å²) in [5.74, 6) is 1.24. The second-order valence-corrected chi connectivity index (χ2v) is 7.46. The summed E-state index contributed by atoms with van der Waals surface area (Å²) < 4.78 is 39.9. The van der Waals surface area contributed by atoms with Crippen molar-refractivity contribution in [3.63, 3.8) is 0 Å². The van der Waals surface area contributed by atoms with Gasteiger partial charge in [-0.05, 0) is 36.5 Å². The number of nitrogens with one attached hydrogen (secondary N) is 1. The average molecular weight is 416 g/mol. The highest BCUT2D eigenvalue weighted by Crippen LogP contribution is 2.38. The maximum atomic E-state index is 13.9. The summed E-state index contributed by atoms with van der Waals surface area (Å²) in [6.45, 7) is 7.66. The third-order valence-corrected chi connectivity index (χ3v) is 5.56. The van der Waals surface area contributed by atoms with Crippen LogP contribution in [-0.2, 0) is 9.47 Å². The van der Waals surface area contributed by atoms with E-state index in [9.17, 15) is 8.78 Å². The van der Waals surface area contributed by atoms with Gasteiger partial charge in [0.25, 0.3) is 6.43 Å². The van der Waals surface area contributed by atoms with E-state index < -0.39 is 12.5 Å². The molecule has 0 radical (unpaired) electrons. The van der Waals surface area contributed by atoms with Crippen molar-refractivity contribution in [2.75, 3.05) is 19.5 Å². The third-order valence-electron chi connectivity index (χ3n) is 5.56. The van der Waals surface area contributed by atoms with E-state index in [1.807, 2.05) is 18.2 Å². The van der Waals surface area contributed by atoms with E-state index in [1.165, 1.54) is 4.68 Å². The Morgan fingerprint density at radius 2 is 2.13 bits per heavy atom. The van der Waals surface area contributed by atoms with Gasteiger partial charge >= 0.3 is 0 Å². The number of nitriles is 1. The van der Waals surface area contributed by atoms with Gasteiger partial charge in [-0.3, -0.25) is 0 Å². The van der Waals surface area contributed by atoms with Gasteiger partial charge < -0.3 is 14.8 Å². The number of halogens is 2. The van der Waals surface area contributed by atoms with E-state index in [2.05, 4.69) is 23.6 Å². The van der Waals surface area contributed by atoms with E-state index in [0.717, 1.165) is 5.57 Å². The molecule has 30 heavy (non-hydrogen) atoms. The molecule has 8 heteroatoms. The van der Waals surface area contributed by atoms with Crippen LogP contribution in [-0.4, -0.2) is 42.6 Å². The highest BCUT2D eigenvalue weighted by Gasteiger charge is 2.36. The SMILES string of the molecule is C=C(C#N)CCC(=C)c1cc2n(n1)C(C(F)F)CC(C1=CC=C(OC)C(OC)C1)N2.